The fourth-order valence-corrected chi connectivity index (χ4v) is 1.85. The van der Waals surface area contributed by atoms with Gasteiger partial charge in [0.25, 0.3) is 11.8 Å². The predicted molar refractivity (Wildman–Crippen MR) is 88.8 cm³/mol. The molecule has 0 atom stereocenters. The summed E-state index contributed by atoms with van der Waals surface area (Å²) in [6, 6.07) is 14.0. The van der Waals surface area contributed by atoms with Crippen LogP contribution >= 0.6 is 0 Å². The molecule has 3 N–H and O–H groups in total. The van der Waals surface area contributed by atoms with E-state index >= 15 is 0 Å². The van der Waals surface area contributed by atoms with Crippen LogP contribution in [0, 0.1) is 13.8 Å². The quantitative estimate of drug-likeness (QED) is 0.351. The third-order valence-corrected chi connectivity index (χ3v) is 3.15. The minimum absolute atomic E-state index is 0.505. The smallest absolute Gasteiger partial charge is 0.283 e. The van der Waals surface area contributed by atoms with Crippen LogP contribution in [0.3, 0.4) is 0 Å². The van der Waals surface area contributed by atoms with Gasteiger partial charge in [0.2, 0.25) is 5.71 Å². The summed E-state index contributed by atoms with van der Waals surface area (Å²) in [5, 5.41) is 16.8. The standard InChI is InChI=1S/C17H17N3O3/c1-11-3-7-13(8-4-11)18-16(21)15(20-23)17(22)19-14-9-5-12(2)6-10-14/h3-10,23H,1-2H3,(H,18,21)(H,19,22). The average Bonchev–Trinajstić information content (AvgIpc) is 2.52. The summed E-state index contributed by atoms with van der Waals surface area (Å²) in [4.78, 5) is 24.1. The zero-order valence-corrected chi connectivity index (χ0v) is 12.8. The van der Waals surface area contributed by atoms with Crippen molar-refractivity contribution in [2.24, 2.45) is 5.16 Å². The van der Waals surface area contributed by atoms with Gasteiger partial charge in [-0.15, -0.1) is 0 Å². The highest BCUT2D eigenvalue weighted by molar-refractivity contribution is 6.68. The van der Waals surface area contributed by atoms with Crippen LogP contribution in [0.25, 0.3) is 0 Å². The van der Waals surface area contributed by atoms with E-state index in [1.807, 2.05) is 38.1 Å². The van der Waals surface area contributed by atoms with Gasteiger partial charge >= 0.3 is 0 Å². The number of aryl methyl sites for hydroxylation is 2. The number of carbonyl (C=O) groups is 2. The molecule has 0 aliphatic heterocycles. The van der Waals surface area contributed by atoms with Crippen LogP contribution in [0.4, 0.5) is 11.4 Å². The first-order chi connectivity index (χ1) is 11.0. The second-order valence-electron chi connectivity index (χ2n) is 5.09. The normalized spacial score (nSPS) is 9.83. The molecule has 0 heterocycles. The number of hydrogen-bond donors (Lipinski definition) is 3. The summed E-state index contributed by atoms with van der Waals surface area (Å²) < 4.78 is 0. The maximum atomic E-state index is 12.1. The molecule has 2 rings (SSSR count). The molecule has 0 bridgehead atoms. The minimum Gasteiger partial charge on any atom is -0.410 e. The van der Waals surface area contributed by atoms with Crippen LogP contribution in [0.1, 0.15) is 11.1 Å². The average molecular weight is 311 g/mol. The minimum atomic E-state index is -0.791. The lowest BCUT2D eigenvalue weighted by Crippen LogP contribution is -2.34. The molecular formula is C17H17N3O3. The number of anilines is 2. The highest BCUT2D eigenvalue weighted by Crippen LogP contribution is 2.10. The van der Waals surface area contributed by atoms with Gasteiger partial charge < -0.3 is 15.8 Å². The number of hydrogen-bond acceptors (Lipinski definition) is 4. The van der Waals surface area contributed by atoms with Gasteiger partial charge in [0.1, 0.15) is 0 Å². The Balaban J connectivity index is 2.06. The topological polar surface area (TPSA) is 90.8 Å². The summed E-state index contributed by atoms with van der Waals surface area (Å²) in [6.07, 6.45) is 0. The summed E-state index contributed by atoms with van der Waals surface area (Å²) in [7, 11) is 0. The first-order valence-corrected chi connectivity index (χ1v) is 6.97. The van der Waals surface area contributed by atoms with Crippen molar-refractivity contribution in [3.05, 3.63) is 59.7 Å². The van der Waals surface area contributed by atoms with Crippen molar-refractivity contribution in [3.8, 4) is 0 Å². The van der Waals surface area contributed by atoms with Crippen molar-refractivity contribution in [1.82, 2.24) is 0 Å². The lowest BCUT2D eigenvalue weighted by Gasteiger charge is -2.08. The highest BCUT2D eigenvalue weighted by atomic mass is 16.4. The van der Waals surface area contributed by atoms with Gasteiger partial charge in [0.05, 0.1) is 0 Å². The molecule has 6 heteroatoms. The molecule has 0 aliphatic carbocycles. The molecule has 0 saturated heterocycles. The van der Waals surface area contributed by atoms with Crippen LogP contribution in [0.15, 0.2) is 53.7 Å². The molecule has 0 aliphatic rings. The van der Waals surface area contributed by atoms with Gasteiger partial charge in [-0.05, 0) is 38.1 Å². The first kappa shape index (κ1) is 16.2. The molecule has 23 heavy (non-hydrogen) atoms. The van der Waals surface area contributed by atoms with E-state index in [2.05, 4.69) is 15.8 Å². The molecule has 0 spiro atoms. The fourth-order valence-electron chi connectivity index (χ4n) is 1.85. The molecule has 6 nitrogen and oxygen atoms in total. The summed E-state index contributed by atoms with van der Waals surface area (Å²) in [6.45, 7) is 3.84. The lowest BCUT2D eigenvalue weighted by molar-refractivity contribution is -0.114. The SMILES string of the molecule is Cc1ccc(NC(=O)C(=NO)C(=O)Nc2ccc(C)cc2)cc1. The van der Waals surface area contributed by atoms with E-state index in [1.165, 1.54) is 0 Å². The van der Waals surface area contributed by atoms with Gasteiger partial charge in [0, 0.05) is 11.4 Å². The van der Waals surface area contributed by atoms with E-state index < -0.39 is 17.5 Å². The number of nitrogens with one attached hydrogen (secondary N) is 2. The monoisotopic (exact) mass is 311 g/mol. The van der Waals surface area contributed by atoms with Gasteiger partial charge in [-0.1, -0.05) is 40.5 Å². The largest absolute Gasteiger partial charge is 0.410 e. The predicted octanol–water partition coefficient (Wildman–Crippen LogP) is 2.71. The van der Waals surface area contributed by atoms with Crippen molar-refractivity contribution in [2.45, 2.75) is 13.8 Å². The van der Waals surface area contributed by atoms with Crippen molar-refractivity contribution in [2.75, 3.05) is 10.6 Å². The van der Waals surface area contributed by atoms with Crippen molar-refractivity contribution >= 4 is 28.9 Å². The molecule has 0 fully saturated rings. The van der Waals surface area contributed by atoms with Crippen molar-refractivity contribution < 1.29 is 14.8 Å². The lowest BCUT2D eigenvalue weighted by atomic mass is 10.2. The van der Waals surface area contributed by atoms with Crippen LogP contribution < -0.4 is 10.6 Å². The van der Waals surface area contributed by atoms with Crippen LogP contribution in [-0.2, 0) is 9.59 Å². The molecule has 2 amide bonds. The van der Waals surface area contributed by atoms with Gasteiger partial charge in [-0.25, -0.2) is 0 Å². The third kappa shape index (κ3) is 4.41. The second kappa shape index (κ2) is 7.22. The Labute approximate surface area is 133 Å². The molecule has 118 valence electrons. The van der Waals surface area contributed by atoms with E-state index in [0.717, 1.165) is 11.1 Å². The number of carbonyl (C=O) groups excluding carboxylic acids is 2. The van der Waals surface area contributed by atoms with Gasteiger partial charge in [-0.2, -0.15) is 0 Å². The zero-order chi connectivity index (χ0) is 16.8. The Kier molecular flexibility index (Phi) is 5.09. The Morgan fingerprint density at radius 2 is 1.13 bits per heavy atom. The molecule has 0 aromatic heterocycles. The van der Waals surface area contributed by atoms with E-state index in [9.17, 15) is 9.59 Å². The molecule has 0 radical (unpaired) electrons. The Morgan fingerprint density at radius 3 is 1.43 bits per heavy atom. The van der Waals surface area contributed by atoms with Gasteiger partial charge in [-0.3, -0.25) is 9.59 Å². The molecule has 0 saturated carbocycles. The van der Waals surface area contributed by atoms with Crippen molar-refractivity contribution in [3.63, 3.8) is 0 Å². The van der Waals surface area contributed by atoms with Crippen LogP contribution in [0.5, 0.6) is 0 Å². The first-order valence-electron chi connectivity index (χ1n) is 6.97. The molecule has 2 aromatic carbocycles. The second-order valence-corrected chi connectivity index (χ2v) is 5.09. The molecular weight excluding hydrogens is 294 g/mol. The number of amides is 2. The zero-order valence-electron chi connectivity index (χ0n) is 12.8. The number of benzene rings is 2. The highest BCUT2D eigenvalue weighted by Gasteiger charge is 2.21. The summed E-state index contributed by atoms with van der Waals surface area (Å²) in [5.74, 6) is -1.58. The van der Waals surface area contributed by atoms with E-state index in [0.29, 0.717) is 11.4 Å². The third-order valence-electron chi connectivity index (χ3n) is 3.15. The van der Waals surface area contributed by atoms with Crippen LogP contribution in [-0.4, -0.2) is 22.7 Å². The number of rotatable bonds is 4. The van der Waals surface area contributed by atoms with E-state index in [1.54, 1.807) is 24.3 Å². The molecule has 0 unspecified atom stereocenters. The van der Waals surface area contributed by atoms with E-state index in [-0.39, 0.29) is 0 Å². The fraction of sp³-hybridized carbons (Fsp3) is 0.118. The number of oxime groups is 1. The maximum Gasteiger partial charge on any atom is 0.283 e. The summed E-state index contributed by atoms with van der Waals surface area (Å²) in [5.41, 5.74) is 2.47. The Hall–Kier alpha value is -3.15. The summed E-state index contributed by atoms with van der Waals surface area (Å²) >= 11 is 0. The maximum absolute atomic E-state index is 12.1. The molecule has 2 aromatic rings. The van der Waals surface area contributed by atoms with Gasteiger partial charge in [0.15, 0.2) is 0 Å². The Morgan fingerprint density at radius 1 is 0.783 bits per heavy atom. The Bertz CT molecular complexity index is 673. The van der Waals surface area contributed by atoms with Crippen LogP contribution in [0.2, 0.25) is 0 Å². The number of nitrogens with zero attached hydrogens (tertiary/aromatic N) is 1. The van der Waals surface area contributed by atoms with Crippen molar-refractivity contribution in [1.29, 1.82) is 0 Å². The van der Waals surface area contributed by atoms with E-state index in [4.69, 9.17) is 5.21 Å².